The summed E-state index contributed by atoms with van der Waals surface area (Å²) in [6.45, 7) is 3.08. The van der Waals surface area contributed by atoms with Gasteiger partial charge in [-0.15, -0.1) is 11.3 Å². The van der Waals surface area contributed by atoms with Gasteiger partial charge in [0.15, 0.2) is 0 Å². The number of amides is 2. The number of fused-ring (bicyclic) bond motifs is 1. The summed E-state index contributed by atoms with van der Waals surface area (Å²) in [5.41, 5.74) is -0.163. The van der Waals surface area contributed by atoms with Gasteiger partial charge in [-0.2, -0.15) is 0 Å². The van der Waals surface area contributed by atoms with E-state index >= 15 is 0 Å². The predicted molar refractivity (Wildman–Crippen MR) is 134 cm³/mol. The van der Waals surface area contributed by atoms with Gasteiger partial charge in [-0.05, 0) is 62.3 Å². The Bertz CT molecular complexity index is 1120. The highest BCUT2D eigenvalue weighted by Gasteiger charge is 2.28. The van der Waals surface area contributed by atoms with E-state index in [4.69, 9.17) is 0 Å². The molecule has 0 bridgehead atoms. The molecule has 2 amide bonds. The van der Waals surface area contributed by atoms with E-state index in [2.05, 4.69) is 17.6 Å². The highest BCUT2D eigenvalue weighted by atomic mass is 32.1. The third-order valence-corrected chi connectivity index (χ3v) is 8.24. The van der Waals surface area contributed by atoms with E-state index in [1.165, 1.54) is 20.5 Å². The minimum absolute atomic E-state index is 0.0144. The second-order valence-electron chi connectivity index (χ2n) is 9.83. The first-order valence-corrected chi connectivity index (χ1v) is 13.6. The van der Waals surface area contributed by atoms with Crippen LogP contribution in [0.3, 0.4) is 0 Å². The molecule has 2 saturated carbocycles. The summed E-state index contributed by atoms with van der Waals surface area (Å²) < 4.78 is 3.27. The van der Waals surface area contributed by atoms with Gasteiger partial charge in [0, 0.05) is 25.0 Å². The SMILES string of the molecule is CCCCNC(=O)C1CCC(Cn2c(=O)c3sccc3n(CC(=O)NC3CCCC3)c2=O)CC1. The van der Waals surface area contributed by atoms with Crippen LogP contribution in [0.2, 0.25) is 0 Å². The Hall–Kier alpha value is -2.42. The summed E-state index contributed by atoms with van der Waals surface area (Å²) in [5.74, 6) is 0.129. The first-order valence-electron chi connectivity index (χ1n) is 12.8. The first kappa shape index (κ1) is 24.7. The molecule has 4 rings (SSSR count). The van der Waals surface area contributed by atoms with Gasteiger partial charge in [-0.3, -0.25) is 23.5 Å². The van der Waals surface area contributed by atoms with Crippen LogP contribution in [0, 0.1) is 11.8 Å². The lowest BCUT2D eigenvalue weighted by atomic mass is 9.81. The normalized spacial score (nSPS) is 21.1. The van der Waals surface area contributed by atoms with Crippen LogP contribution in [0.15, 0.2) is 21.0 Å². The minimum Gasteiger partial charge on any atom is -0.356 e. The van der Waals surface area contributed by atoms with Crippen molar-refractivity contribution in [3.05, 3.63) is 32.3 Å². The van der Waals surface area contributed by atoms with E-state index in [0.29, 0.717) is 16.8 Å². The van der Waals surface area contributed by atoms with Crippen LogP contribution in [0.4, 0.5) is 0 Å². The number of rotatable bonds is 9. The number of hydrogen-bond acceptors (Lipinski definition) is 5. The number of thiophene rings is 1. The van der Waals surface area contributed by atoms with Crippen molar-refractivity contribution in [3.8, 4) is 0 Å². The topological polar surface area (TPSA) is 102 Å². The van der Waals surface area contributed by atoms with Gasteiger partial charge >= 0.3 is 5.69 Å². The van der Waals surface area contributed by atoms with Crippen molar-refractivity contribution in [2.24, 2.45) is 11.8 Å². The van der Waals surface area contributed by atoms with Crippen molar-refractivity contribution in [3.63, 3.8) is 0 Å². The second-order valence-corrected chi connectivity index (χ2v) is 10.7. The molecular formula is C25H36N4O4S. The molecule has 0 unspecified atom stereocenters. The lowest BCUT2D eigenvalue weighted by Gasteiger charge is -2.28. The summed E-state index contributed by atoms with van der Waals surface area (Å²) in [5, 5.41) is 7.86. The fraction of sp³-hybridized carbons (Fsp3) is 0.680. The maximum Gasteiger partial charge on any atom is 0.332 e. The number of unbranched alkanes of at least 4 members (excludes halogenated alkanes) is 1. The molecule has 0 atom stereocenters. The first-order chi connectivity index (χ1) is 16.5. The van der Waals surface area contributed by atoms with E-state index in [0.717, 1.165) is 70.8 Å². The van der Waals surface area contributed by atoms with Gasteiger partial charge in [-0.25, -0.2) is 4.79 Å². The number of hydrogen-bond donors (Lipinski definition) is 2. The van der Waals surface area contributed by atoms with Gasteiger partial charge in [0.05, 0.1) is 5.52 Å². The standard InChI is InChI=1S/C25H36N4O4S/c1-2-3-13-26-23(31)18-10-8-17(9-11-18)15-29-24(32)22-20(12-14-34-22)28(25(29)33)16-21(30)27-19-6-4-5-7-19/h12,14,17-19H,2-11,13,15-16H2,1H3,(H,26,31)(H,27,30). The number of nitrogens with one attached hydrogen (secondary N) is 2. The Morgan fingerprint density at radius 3 is 2.50 bits per heavy atom. The van der Waals surface area contributed by atoms with Crippen LogP contribution in [0.25, 0.3) is 10.2 Å². The van der Waals surface area contributed by atoms with Crippen molar-refractivity contribution in [2.45, 2.75) is 90.3 Å². The third-order valence-electron chi connectivity index (χ3n) is 7.35. The van der Waals surface area contributed by atoms with Gasteiger partial charge in [0.25, 0.3) is 5.56 Å². The Morgan fingerprint density at radius 1 is 1.06 bits per heavy atom. The van der Waals surface area contributed by atoms with Crippen molar-refractivity contribution in [2.75, 3.05) is 6.54 Å². The van der Waals surface area contributed by atoms with Gasteiger partial charge in [-0.1, -0.05) is 26.2 Å². The van der Waals surface area contributed by atoms with E-state index in [1.54, 1.807) is 11.4 Å². The van der Waals surface area contributed by atoms with Crippen LogP contribution >= 0.6 is 11.3 Å². The van der Waals surface area contributed by atoms with Gasteiger partial charge < -0.3 is 10.6 Å². The fourth-order valence-electron chi connectivity index (χ4n) is 5.33. The zero-order valence-corrected chi connectivity index (χ0v) is 20.8. The van der Waals surface area contributed by atoms with E-state index in [9.17, 15) is 19.2 Å². The Kier molecular flexibility index (Phi) is 8.24. The Morgan fingerprint density at radius 2 is 1.79 bits per heavy atom. The van der Waals surface area contributed by atoms with Crippen molar-refractivity contribution >= 4 is 33.4 Å². The molecule has 2 aliphatic carbocycles. The summed E-state index contributed by atoms with van der Waals surface area (Å²) in [6, 6.07) is 1.93. The van der Waals surface area contributed by atoms with Crippen molar-refractivity contribution in [1.29, 1.82) is 0 Å². The van der Waals surface area contributed by atoms with Crippen molar-refractivity contribution < 1.29 is 9.59 Å². The molecule has 0 spiro atoms. The molecule has 2 aromatic rings. The zero-order chi connectivity index (χ0) is 24.1. The van der Waals surface area contributed by atoms with Crippen LogP contribution in [-0.2, 0) is 22.7 Å². The molecule has 0 aromatic carbocycles. The maximum atomic E-state index is 13.4. The predicted octanol–water partition coefficient (Wildman–Crippen LogP) is 3.01. The molecule has 0 aliphatic heterocycles. The van der Waals surface area contributed by atoms with Crippen LogP contribution in [0.1, 0.15) is 71.1 Å². The van der Waals surface area contributed by atoms with E-state index < -0.39 is 5.69 Å². The fourth-order valence-corrected chi connectivity index (χ4v) is 6.18. The molecule has 2 N–H and O–H groups in total. The molecule has 0 saturated heterocycles. The van der Waals surface area contributed by atoms with Gasteiger partial charge in [0.1, 0.15) is 11.2 Å². The summed E-state index contributed by atoms with van der Waals surface area (Å²) >= 11 is 1.31. The number of aromatic nitrogens is 2. The highest BCUT2D eigenvalue weighted by molar-refractivity contribution is 7.17. The molecule has 2 aromatic heterocycles. The van der Waals surface area contributed by atoms with Crippen molar-refractivity contribution in [1.82, 2.24) is 19.8 Å². The second kappa shape index (κ2) is 11.3. The van der Waals surface area contributed by atoms with Gasteiger partial charge in [0.2, 0.25) is 11.8 Å². The average molecular weight is 489 g/mol. The number of carbonyl (C=O) groups is 2. The lowest BCUT2D eigenvalue weighted by Crippen LogP contribution is -2.44. The molecule has 2 fully saturated rings. The minimum atomic E-state index is -0.420. The van der Waals surface area contributed by atoms with E-state index in [1.807, 2.05) is 0 Å². The summed E-state index contributed by atoms with van der Waals surface area (Å²) in [7, 11) is 0. The highest BCUT2D eigenvalue weighted by Crippen LogP contribution is 2.30. The largest absolute Gasteiger partial charge is 0.356 e. The van der Waals surface area contributed by atoms with Crippen LogP contribution < -0.4 is 21.9 Å². The molecule has 8 nitrogen and oxygen atoms in total. The molecule has 34 heavy (non-hydrogen) atoms. The quantitative estimate of drug-likeness (QED) is 0.530. The molecule has 9 heteroatoms. The molecule has 186 valence electrons. The van der Waals surface area contributed by atoms with Crippen LogP contribution in [0.5, 0.6) is 0 Å². The Labute approximate surface area is 203 Å². The Balaban J connectivity index is 1.45. The molecule has 2 heterocycles. The maximum absolute atomic E-state index is 13.4. The monoisotopic (exact) mass is 488 g/mol. The molecule has 0 radical (unpaired) electrons. The third kappa shape index (κ3) is 5.62. The summed E-state index contributed by atoms with van der Waals surface area (Å²) in [6.07, 6.45) is 9.40. The number of nitrogens with zero attached hydrogens (tertiary/aromatic N) is 2. The summed E-state index contributed by atoms with van der Waals surface area (Å²) in [4.78, 5) is 51.5. The number of carbonyl (C=O) groups excluding carboxylic acids is 2. The zero-order valence-electron chi connectivity index (χ0n) is 20.0. The van der Waals surface area contributed by atoms with Crippen LogP contribution in [-0.4, -0.2) is 33.5 Å². The molecular weight excluding hydrogens is 452 g/mol. The molecule has 2 aliphatic rings. The lowest BCUT2D eigenvalue weighted by molar-refractivity contribution is -0.126. The van der Waals surface area contributed by atoms with E-state index in [-0.39, 0.29) is 41.8 Å². The average Bonchev–Trinajstić information content (AvgIpc) is 3.52. The smallest absolute Gasteiger partial charge is 0.332 e.